The van der Waals surface area contributed by atoms with Crippen molar-refractivity contribution in [1.29, 1.82) is 0 Å². The van der Waals surface area contributed by atoms with Gasteiger partial charge in [0.1, 0.15) is 0 Å². The second-order valence-corrected chi connectivity index (χ2v) is 3.26. The molecule has 1 aromatic heterocycles. The average Bonchev–Trinajstić information content (AvgIpc) is 2.26. The number of halogens is 2. The third kappa shape index (κ3) is 1.59. The standard InChI is InChI=1S/C7H10BrClN2/c1-3-5-7(9)6(4-8)11(2)10-5/h3-4H2,1-2H3. The van der Waals surface area contributed by atoms with Crippen LogP contribution in [0.15, 0.2) is 0 Å². The van der Waals surface area contributed by atoms with E-state index >= 15 is 0 Å². The summed E-state index contributed by atoms with van der Waals surface area (Å²) in [5, 5.41) is 5.81. The molecule has 0 fully saturated rings. The van der Waals surface area contributed by atoms with E-state index in [2.05, 4.69) is 21.0 Å². The monoisotopic (exact) mass is 236 g/mol. The smallest absolute Gasteiger partial charge is 0.0858 e. The number of alkyl halides is 1. The fraction of sp³-hybridized carbons (Fsp3) is 0.571. The summed E-state index contributed by atoms with van der Waals surface area (Å²) in [5.41, 5.74) is 2.02. The average molecular weight is 238 g/mol. The van der Waals surface area contributed by atoms with Gasteiger partial charge in [-0.3, -0.25) is 4.68 Å². The zero-order valence-electron chi connectivity index (χ0n) is 6.56. The first-order valence-corrected chi connectivity index (χ1v) is 4.96. The summed E-state index contributed by atoms with van der Waals surface area (Å²) in [6.45, 7) is 2.05. The molecule has 0 aliphatic carbocycles. The highest BCUT2D eigenvalue weighted by Gasteiger charge is 2.10. The van der Waals surface area contributed by atoms with E-state index in [1.807, 2.05) is 18.7 Å². The zero-order valence-corrected chi connectivity index (χ0v) is 8.91. The molecule has 0 bridgehead atoms. The van der Waals surface area contributed by atoms with E-state index in [0.717, 1.165) is 28.2 Å². The van der Waals surface area contributed by atoms with Crippen LogP contribution >= 0.6 is 27.5 Å². The minimum Gasteiger partial charge on any atom is -0.270 e. The van der Waals surface area contributed by atoms with Gasteiger partial charge in [-0.15, -0.1) is 0 Å². The fourth-order valence-corrected chi connectivity index (χ4v) is 2.13. The molecule has 1 aromatic rings. The third-order valence-corrected chi connectivity index (χ3v) is 2.60. The molecule has 0 N–H and O–H groups in total. The Kier molecular flexibility index (Phi) is 2.96. The number of aromatic nitrogens is 2. The Labute approximate surface area is 79.7 Å². The number of rotatable bonds is 2. The van der Waals surface area contributed by atoms with Crippen LogP contribution in [0.1, 0.15) is 18.3 Å². The number of aryl methyl sites for hydroxylation is 2. The van der Waals surface area contributed by atoms with Crippen LogP contribution in [-0.2, 0) is 18.8 Å². The topological polar surface area (TPSA) is 17.8 Å². The molecule has 0 spiro atoms. The summed E-state index contributed by atoms with van der Waals surface area (Å²) >= 11 is 9.37. The van der Waals surface area contributed by atoms with Gasteiger partial charge in [0.05, 0.1) is 16.4 Å². The highest BCUT2D eigenvalue weighted by atomic mass is 79.9. The summed E-state index contributed by atoms with van der Waals surface area (Å²) in [6, 6.07) is 0. The fourth-order valence-electron chi connectivity index (χ4n) is 0.965. The molecule has 2 nitrogen and oxygen atoms in total. The van der Waals surface area contributed by atoms with E-state index < -0.39 is 0 Å². The van der Waals surface area contributed by atoms with Crippen LogP contribution in [0.3, 0.4) is 0 Å². The molecule has 0 aromatic carbocycles. The van der Waals surface area contributed by atoms with Crippen molar-refractivity contribution in [3.05, 3.63) is 16.4 Å². The SMILES string of the molecule is CCc1nn(C)c(CBr)c1Cl. The highest BCUT2D eigenvalue weighted by Crippen LogP contribution is 2.22. The lowest BCUT2D eigenvalue weighted by atomic mass is 10.3. The Bertz CT molecular complexity index is 257. The van der Waals surface area contributed by atoms with Gasteiger partial charge in [-0.1, -0.05) is 34.5 Å². The lowest BCUT2D eigenvalue weighted by molar-refractivity contribution is 0.721. The lowest BCUT2D eigenvalue weighted by Crippen LogP contribution is -1.95. The highest BCUT2D eigenvalue weighted by molar-refractivity contribution is 9.08. The van der Waals surface area contributed by atoms with Crippen molar-refractivity contribution in [2.45, 2.75) is 18.7 Å². The lowest BCUT2D eigenvalue weighted by Gasteiger charge is -1.94. The first-order valence-electron chi connectivity index (χ1n) is 3.46. The van der Waals surface area contributed by atoms with E-state index in [0.29, 0.717) is 0 Å². The summed E-state index contributed by atoms with van der Waals surface area (Å²) in [5.74, 6) is 0. The first-order chi connectivity index (χ1) is 5.20. The molecule has 0 amide bonds. The summed E-state index contributed by atoms with van der Waals surface area (Å²) in [6.07, 6.45) is 0.889. The molecule has 0 saturated carbocycles. The van der Waals surface area contributed by atoms with Crippen molar-refractivity contribution >= 4 is 27.5 Å². The van der Waals surface area contributed by atoms with Crippen molar-refractivity contribution in [3.63, 3.8) is 0 Å². The molecule has 0 aliphatic rings. The Morgan fingerprint density at radius 3 is 2.55 bits per heavy atom. The minimum absolute atomic E-state index is 0.759. The van der Waals surface area contributed by atoms with E-state index in [4.69, 9.17) is 11.6 Å². The molecule has 1 heterocycles. The Hall–Kier alpha value is -0.0200. The molecule has 0 saturated heterocycles. The maximum Gasteiger partial charge on any atom is 0.0858 e. The Morgan fingerprint density at radius 2 is 2.27 bits per heavy atom. The van der Waals surface area contributed by atoms with Crippen molar-refractivity contribution in [2.75, 3.05) is 0 Å². The van der Waals surface area contributed by atoms with Crippen LogP contribution in [-0.4, -0.2) is 9.78 Å². The normalized spacial score (nSPS) is 10.5. The van der Waals surface area contributed by atoms with Crippen LogP contribution in [0.25, 0.3) is 0 Å². The number of nitrogens with zero attached hydrogens (tertiary/aromatic N) is 2. The van der Waals surface area contributed by atoms with E-state index in [1.54, 1.807) is 0 Å². The van der Waals surface area contributed by atoms with Gasteiger partial charge >= 0.3 is 0 Å². The van der Waals surface area contributed by atoms with Gasteiger partial charge in [0.2, 0.25) is 0 Å². The second-order valence-electron chi connectivity index (χ2n) is 2.32. The van der Waals surface area contributed by atoms with Crippen molar-refractivity contribution in [3.8, 4) is 0 Å². The molecule has 0 unspecified atom stereocenters. The Balaban J connectivity index is 3.14. The maximum atomic E-state index is 6.02. The van der Waals surface area contributed by atoms with Gasteiger partial charge in [0.15, 0.2) is 0 Å². The van der Waals surface area contributed by atoms with Crippen LogP contribution in [0.2, 0.25) is 5.02 Å². The summed E-state index contributed by atoms with van der Waals surface area (Å²) in [7, 11) is 1.90. The van der Waals surface area contributed by atoms with Gasteiger partial charge < -0.3 is 0 Å². The molecule has 1 rings (SSSR count). The molecule has 62 valence electrons. The summed E-state index contributed by atoms with van der Waals surface area (Å²) in [4.78, 5) is 0. The van der Waals surface area contributed by atoms with Crippen LogP contribution < -0.4 is 0 Å². The largest absolute Gasteiger partial charge is 0.270 e. The van der Waals surface area contributed by atoms with E-state index in [9.17, 15) is 0 Å². The predicted molar refractivity (Wildman–Crippen MR) is 50.2 cm³/mol. The molecule has 4 heteroatoms. The van der Waals surface area contributed by atoms with Gasteiger partial charge in [-0.25, -0.2) is 0 Å². The van der Waals surface area contributed by atoms with Gasteiger partial charge in [0, 0.05) is 12.4 Å². The van der Waals surface area contributed by atoms with E-state index in [-0.39, 0.29) is 0 Å². The van der Waals surface area contributed by atoms with Crippen LogP contribution in [0, 0.1) is 0 Å². The van der Waals surface area contributed by atoms with Gasteiger partial charge in [0.25, 0.3) is 0 Å². The maximum absolute atomic E-state index is 6.02. The molecular weight excluding hydrogens is 227 g/mol. The minimum atomic E-state index is 0.759. The molecule has 0 atom stereocenters. The third-order valence-electron chi connectivity index (χ3n) is 1.63. The van der Waals surface area contributed by atoms with Crippen molar-refractivity contribution in [1.82, 2.24) is 9.78 Å². The van der Waals surface area contributed by atoms with Gasteiger partial charge in [-0.2, -0.15) is 5.10 Å². The molecule has 0 radical (unpaired) electrons. The van der Waals surface area contributed by atoms with E-state index in [1.165, 1.54) is 0 Å². The Morgan fingerprint density at radius 1 is 1.64 bits per heavy atom. The van der Waals surface area contributed by atoms with Crippen molar-refractivity contribution in [2.24, 2.45) is 7.05 Å². The number of hydrogen-bond donors (Lipinski definition) is 0. The molecule has 0 aliphatic heterocycles. The van der Waals surface area contributed by atoms with Crippen molar-refractivity contribution < 1.29 is 0 Å². The molecule has 11 heavy (non-hydrogen) atoms. The summed E-state index contributed by atoms with van der Waals surface area (Å²) < 4.78 is 1.82. The zero-order chi connectivity index (χ0) is 8.43. The molecular formula is C7H10BrClN2. The first kappa shape index (κ1) is 9.07. The second kappa shape index (κ2) is 3.59. The van der Waals surface area contributed by atoms with Gasteiger partial charge in [-0.05, 0) is 6.42 Å². The predicted octanol–water partition coefficient (Wildman–Crippen LogP) is 2.53. The number of hydrogen-bond acceptors (Lipinski definition) is 1. The quantitative estimate of drug-likeness (QED) is 0.723. The van der Waals surface area contributed by atoms with Crippen LogP contribution in [0.5, 0.6) is 0 Å². The van der Waals surface area contributed by atoms with Crippen LogP contribution in [0.4, 0.5) is 0 Å².